The topological polar surface area (TPSA) is 20.3 Å². The van der Waals surface area contributed by atoms with E-state index < -0.39 is 11.6 Å². The maximum absolute atomic E-state index is 13.1. The van der Waals surface area contributed by atoms with Gasteiger partial charge in [-0.2, -0.15) is 0 Å². The van der Waals surface area contributed by atoms with Crippen LogP contribution in [0.4, 0.5) is 13.6 Å². The van der Waals surface area contributed by atoms with Gasteiger partial charge in [0.2, 0.25) is 0 Å². The third-order valence-corrected chi connectivity index (χ3v) is 2.32. The number of carbonyl (C=O) groups is 1. The molecule has 0 saturated carbocycles. The van der Waals surface area contributed by atoms with Crippen molar-refractivity contribution >= 4 is 20.7 Å². The number of benzene rings is 1. The van der Waals surface area contributed by atoms with Crippen LogP contribution in [0.1, 0.15) is 5.56 Å². The van der Waals surface area contributed by atoms with Crippen molar-refractivity contribution in [3.63, 3.8) is 0 Å². The van der Waals surface area contributed by atoms with Crippen molar-refractivity contribution in [1.29, 1.82) is 0 Å². The van der Waals surface area contributed by atoms with E-state index in [1.807, 2.05) is 0 Å². The minimum absolute atomic E-state index is 0.0354. The fourth-order valence-electron chi connectivity index (χ4n) is 0.982. The molecule has 1 aromatic carbocycles. The van der Waals surface area contributed by atoms with Crippen molar-refractivity contribution < 1.29 is 13.6 Å². The Morgan fingerprint density at radius 3 is 2.71 bits per heavy atom. The van der Waals surface area contributed by atoms with Crippen molar-refractivity contribution in [2.75, 3.05) is 7.05 Å². The normalized spacial score (nSPS) is 10.0. The summed E-state index contributed by atoms with van der Waals surface area (Å²) in [6.45, 7) is 0.0354. The molecule has 5 heteroatoms. The Labute approximate surface area is 88.6 Å². The molecule has 0 spiro atoms. The second-order valence-corrected chi connectivity index (χ2v) is 3.52. The molecular formula is C9H8BrF2NO. The van der Waals surface area contributed by atoms with Crippen LogP contribution in [0.2, 0.25) is 0 Å². The minimum atomic E-state index is -0.521. The number of nitrogens with zero attached hydrogens (tertiary/aromatic N) is 1. The molecule has 0 atom stereocenters. The smallest absolute Gasteiger partial charge is 0.289 e. The van der Waals surface area contributed by atoms with Gasteiger partial charge in [-0.15, -0.1) is 0 Å². The summed E-state index contributed by atoms with van der Waals surface area (Å²) in [6, 6.07) is 3.15. The first-order valence-electron chi connectivity index (χ1n) is 3.85. The molecule has 14 heavy (non-hydrogen) atoms. The van der Waals surface area contributed by atoms with Gasteiger partial charge < -0.3 is 4.90 Å². The number of halogens is 3. The lowest BCUT2D eigenvalue weighted by atomic mass is 10.2. The van der Waals surface area contributed by atoms with E-state index in [0.717, 1.165) is 18.2 Å². The molecule has 0 radical (unpaired) electrons. The van der Waals surface area contributed by atoms with E-state index in [2.05, 4.69) is 15.9 Å². The van der Waals surface area contributed by atoms with Gasteiger partial charge in [0.1, 0.15) is 11.6 Å². The lowest BCUT2D eigenvalue weighted by molar-refractivity contribution is 0.232. The molecule has 0 bridgehead atoms. The molecule has 2 nitrogen and oxygen atoms in total. The lowest BCUT2D eigenvalue weighted by Crippen LogP contribution is -2.20. The van der Waals surface area contributed by atoms with E-state index in [1.54, 1.807) is 0 Å². The van der Waals surface area contributed by atoms with E-state index in [4.69, 9.17) is 0 Å². The van der Waals surface area contributed by atoms with Gasteiger partial charge in [0, 0.05) is 35.1 Å². The lowest BCUT2D eigenvalue weighted by Gasteiger charge is -2.13. The van der Waals surface area contributed by atoms with Crippen LogP contribution in [-0.4, -0.2) is 16.8 Å². The summed E-state index contributed by atoms with van der Waals surface area (Å²) in [6.07, 6.45) is 0. The molecule has 0 aliphatic rings. The molecule has 0 aliphatic carbocycles. The van der Waals surface area contributed by atoms with E-state index in [9.17, 15) is 13.6 Å². The Balaban J connectivity index is 2.85. The summed E-state index contributed by atoms with van der Waals surface area (Å²) in [7, 11) is 1.49. The zero-order valence-electron chi connectivity index (χ0n) is 7.43. The molecule has 0 aromatic heterocycles. The first-order valence-corrected chi connectivity index (χ1v) is 4.64. The van der Waals surface area contributed by atoms with Crippen LogP contribution in [0.3, 0.4) is 0 Å². The Hall–Kier alpha value is -0.970. The number of carbonyl (C=O) groups excluding carboxylic acids is 1. The Morgan fingerprint density at radius 1 is 1.50 bits per heavy atom. The first kappa shape index (κ1) is 11.1. The average Bonchev–Trinajstić information content (AvgIpc) is 2.11. The van der Waals surface area contributed by atoms with E-state index in [0.29, 0.717) is 0 Å². The molecule has 0 heterocycles. The van der Waals surface area contributed by atoms with Gasteiger partial charge in [0.15, 0.2) is 0 Å². The van der Waals surface area contributed by atoms with Crippen molar-refractivity contribution in [3.05, 3.63) is 35.4 Å². The highest BCUT2D eigenvalue weighted by Crippen LogP contribution is 2.12. The first-order chi connectivity index (χ1) is 6.50. The summed E-state index contributed by atoms with van der Waals surface area (Å²) in [4.78, 5) is 11.6. The van der Waals surface area contributed by atoms with Crippen LogP contribution in [0.5, 0.6) is 0 Å². The van der Waals surface area contributed by atoms with Crippen molar-refractivity contribution in [3.8, 4) is 0 Å². The van der Waals surface area contributed by atoms with Gasteiger partial charge in [0.25, 0.3) is 4.82 Å². The molecule has 0 aliphatic heterocycles. The Bertz CT molecular complexity index is 357. The molecule has 1 amide bonds. The van der Waals surface area contributed by atoms with Crippen LogP contribution < -0.4 is 0 Å². The Morgan fingerprint density at radius 2 is 2.14 bits per heavy atom. The summed E-state index contributed by atoms with van der Waals surface area (Å²) < 4.78 is 25.8. The third kappa shape index (κ3) is 2.77. The van der Waals surface area contributed by atoms with Crippen LogP contribution in [0.25, 0.3) is 0 Å². The highest BCUT2D eigenvalue weighted by Gasteiger charge is 2.09. The molecule has 0 unspecified atom stereocenters. The van der Waals surface area contributed by atoms with Gasteiger partial charge >= 0.3 is 0 Å². The predicted octanol–water partition coefficient (Wildman–Crippen LogP) is 2.91. The zero-order chi connectivity index (χ0) is 10.7. The van der Waals surface area contributed by atoms with Crippen molar-refractivity contribution in [1.82, 2.24) is 4.90 Å². The number of amides is 1. The van der Waals surface area contributed by atoms with Crippen LogP contribution >= 0.6 is 15.9 Å². The average molecular weight is 264 g/mol. The molecule has 0 N–H and O–H groups in total. The van der Waals surface area contributed by atoms with E-state index in [1.165, 1.54) is 11.9 Å². The largest absolute Gasteiger partial charge is 0.332 e. The van der Waals surface area contributed by atoms with Crippen LogP contribution in [0.15, 0.2) is 18.2 Å². The summed E-state index contributed by atoms with van der Waals surface area (Å²) in [5.41, 5.74) is 0.153. The minimum Gasteiger partial charge on any atom is -0.332 e. The fraction of sp³-hybridized carbons (Fsp3) is 0.222. The number of rotatable bonds is 2. The maximum Gasteiger partial charge on any atom is 0.289 e. The predicted molar refractivity (Wildman–Crippen MR) is 52.1 cm³/mol. The molecule has 0 fully saturated rings. The standard InChI is InChI=1S/C9H8BrF2NO/c1-13(9(10)14)5-6-4-7(11)2-3-8(6)12/h2-4H,5H2,1H3. The maximum atomic E-state index is 13.1. The molecule has 76 valence electrons. The van der Waals surface area contributed by atoms with Gasteiger partial charge in [-0.3, -0.25) is 4.79 Å². The SMILES string of the molecule is CN(Cc1cc(F)ccc1F)C(=O)Br. The van der Waals surface area contributed by atoms with Gasteiger partial charge in [-0.05, 0) is 18.2 Å². The fourth-order valence-corrected chi connectivity index (χ4v) is 1.11. The quantitative estimate of drug-likeness (QED) is 0.594. The summed E-state index contributed by atoms with van der Waals surface area (Å²) in [5, 5.41) is 0. The Kier molecular flexibility index (Phi) is 3.57. The second-order valence-electron chi connectivity index (χ2n) is 2.84. The molecule has 1 rings (SSSR count). The molecule has 0 saturated heterocycles. The molecule has 1 aromatic rings. The van der Waals surface area contributed by atoms with E-state index >= 15 is 0 Å². The monoisotopic (exact) mass is 263 g/mol. The van der Waals surface area contributed by atoms with E-state index in [-0.39, 0.29) is 16.9 Å². The van der Waals surface area contributed by atoms with Crippen LogP contribution in [-0.2, 0) is 6.54 Å². The van der Waals surface area contributed by atoms with Crippen molar-refractivity contribution in [2.24, 2.45) is 0 Å². The second kappa shape index (κ2) is 4.50. The third-order valence-electron chi connectivity index (χ3n) is 1.72. The van der Waals surface area contributed by atoms with Gasteiger partial charge in [0.05, 0.1) is 0 Å². The van der Waals surface area contributed by atoms with Crippen LogP contribution in [0, 0.1) is 11.6 Å². The van der Waals surface area contributed by atoms with Gasteiger partial charge in [-0.1, -0.05) is 0 Å². The van der Waals surface area contributed by atoms with Gasteiger partial charge in [-0.25, -0.2) is 8.78 Å². The highest BCUT2D eigenvalue weighted by atomic mass is 79.9. The molecular weight excluding hydrogens is 256 g/mol. The summed E-state index contributed by atoms with van der Waals surface area (Å²) in [5.74, 6) is -1.04. The van der Waals surface area contributed by atoms with Crippen molar-refractivity contribution in [2.45, 2.75) is 6.54 Å². The summed E-state index contributed by atoms with van der Waals surface area (Å²) >= 11 is 2.71. The number of hydrogen-bond donors (Lipinski definition) is 0. The number of hydrogen-bond acceptors (Lipinski definition) is 1. The highest BCUT2D eigenvalue weighted by molar-refractivity contribution is 9.18. The zero-order valence-corrected chi connectivity index (χ0v) is 9.01.